The molecule has 0 aliphatic heterocycles. The molecule has 1 aromatic carbocycles. The van der Waals surface area contributed by atoms with Crippen LogP contribution in [-0.2, 0) is 6.42 Å². The first kappa shape index (κ1) is 13.8. The largest absolute Gasteiger partial charge is 0.378 e. The van der Waals surface area contributed by atoms with Crippen LogP contribution in [0.25, 0.3) is 0 Å². The molecule has 0 fully saturated rings. The van der Waals surface area contributed by atoms with Gasteiger partial charge in [-0.15, -0.1) is 6.58 Å². The van der Waals surface area contributed by atoms with E-state index < -0.39 is 0 Å². The molecule has 0 radical (unpaired) electrons. The Morgan fingerprint density at radius 1 is 1.00 bits per heavy atom. The number of aryl methyl sites for hydroxylation is 1. The molecular formula is C16H25N. The predicted octanol–water partition coefficient (Wildman–Crippen LogP) is 4.43. The topological polar surface area (TPSA) is 3.24 Å². The normalized spacial score (nSPS) is 10.2. The molecule has 1 rings (SSSR count). The fourth-order valence-electron chi connectivity index (χ4n) is 1.93. The number of rotatable bonds is 8. The monoisotopic (exact) mass is 231 g/mol. The van der Waals surface area contributed by atoms with Crippen molar-refractivity contribution in [3.63, 3.8) is 0 Å². The highest BCUT2D eigenvalue weighted by molar-refractivity contribution is 5.45. The summed E-state index contributed by atoms with van der Waals surface area (Å²) in [6, 6.07) is 8.90. The van der Waals surface area contributed by atoms with E-state index in [0.717, 1.165) is 6.42 Å². The van der Waals surface area contributed by atoms with Gasteiger partial charge in [0, 0.05) is 19.8 Å². The minimum Gasteiger partial charge on any atom is -0.378 e. The fraction of sp³-hybridized carbons (Fsp3) is 0.500. The zero-order chi connectivity index (χ0) is 12.5. The fourth-order valence-corrected chi connectivity index (χ4v) is 1.93. The maximum atomic E-state index is 3.74. The number of unbranched alkanes of at least 4 members (excludes halogenated alkanes) is 4. The second kappa shape index (κ2) is 7.94. The van der Waals surface area contributed by atoms with Crippen LogP contribution in [-0.4, -0.2) is 14.1 Å². The zero-order valence-electron chi connectivity index (χ0n) is 11.3. The Bertz CT molecular complexity index is 311. The van der Waals surface area contributed by atoms with Gasteiger partial charge in [0.15, 0.2) is 0 Å². The summed E-state index contributed by atoms with van der Waals surface area (Å²) < 4.78 is 0. The first-order valence-corrected chi connectivity index (χ1v) is 6.61. The third-order valence-corrected chi connectivity index (χ3v) is 3.08. The van der Waals surface area contributed by atoms with E-state index >= 15 is 0 Å². The Balaban J connectivity index is 2.21. The summed E-state index contributed by atoms with van der Waals surface area (Å²) in [5.41, 5.74) is 2.74. The lowest BCUT2D eigenvalue weighted by molar-refractivity contribution is 0.646. The Labute approximate surface area is 106 Å². The van der Waals surface area contributed by atoms with Crippen molar-refractivity contribution in [3.8, 4) is 0 Å². The van der Waals surface area contributed by atoms with Crippen molar-refractivity contribution in [1.29, 1.82) is 0 Å². The number of anilines is 1. The summed E-state index contributed by atoms with van der Waals surface area (Å²) in [7, 11) is 4.16. The summed E-state index contributed by atoms with van der Waals surface area (Å²) in [5.74, 6) is 0. The second-order valence-corrected chi connectivity index (χ2v) is 4.80. The van der Waals surface area contributed by atoms with Crippen molar-refractivity contribution < 1.29 is 0 Å². The molecule has 0 atom stereocenters. The van der Waals surface area contributed by atoms with Gasteiger partial charge in [0.05, 0.1) is 0 Å². The highest BCUT2D eigenvalue weighted by Gasteiger charge is 1.96. The molecule has 0 saturated carbocycles. The summed E-state index contributed by atoms with van der Waals surface area (Å²) >= 11 is 0. The molecule has 0 aliphatic rings. The van der Waals surface area contributed by atoms with Gasteiger partial charge in [0.1, 0.15) is 0 Å². The standard InChI is InChI=1S/C16H25N/c1-4-5-6-7-8-9-10-15-11-13-16(14-12-15)17(2)3/h4,11-14H,1,5-10H2,2-3H3. The van der Waals surface area contributed by atoms with E-state index in [1.807, 2.05) is 6.08 Å². The molecule has 17 heavy (non-hydrogen) atoms. The molecule has 0 N–H and O–H groups in total. The Hall–Kier alpha value is -1.24. The minimum absolute atomic E-state index is 1.16. The maximum Gasteiger partial charge on any atom is 0.0361 e. The minimum atomic E-state index is 1.16. The molecule has 1 heteroatoms. The quantitative estimate of drug-likeness (QED) is 0.472. The van der Waals surface area contributed by atoms with E-state index in [1.165, 1.54) is 43.4 Å². The SMILES string of the molecule is C=CCCCCCCc1ccc(N(C)C)cc1. The van der Waals surface area contributed by atoms with E-state index in [2.05, 4.69) is 49.8 Å². The number of benzene rings is 1. The van der Waals surface area contributed by atoms with Gasteiger partial charge in [-0.3, -0.25) is 0 Å². The smallest absolute Gasteiger partial charge is 0.0361 e. The summed E-state index contributed by atoms with van der Waals surface area (Å²) in [5, 5.41) is 0. The third-order valence-electron chi connectivity index (χ3n) is 3.08. The van der Waals surface area contributed by atoms with E-state index in [1.54, 1.807) is 0 Å². The third kappa shape index (κ3) is 5.58. The van der Waals surface area contributed by atoms with Crippen LogP contribution < -0.4 is 4.90 Å². The van der Waals surface area contributed by atoms with Crippen LogP contribution in [0.4, 0.5) is 5.69 Å². The van der Waals surface area contributed by atoms with Gasteiger partial charge in [-0.2, -0.15) is 0 Å². The van der Waals surface area contributed by atoms with Gasteiger partial charge < -0.3 is 4.90 Å². The average molecular weight is 231 g/mol. The summed E-state index contributed by atoms with van der Waals surface area (Å²) in [6.07, 6.45) is 9.66. The lowest BCUT2D eigenvalue weighted by Crippen LogP contribution is -2.08. The molecule has 1 aromatic rings. The van der Waals surface area contributed by atoms with Crippen molar-refractivity contribution in [2.45, 2.75) is 38.5 Å². The molecule has 0 saturated heterocycles. The first-order chi connectivity index (χ1) is 8.24. The molecule has 0 bridgehead atoms. The van der Waals surface area contributed by atoms with E-state index in [0.29, 0.717) is 0 Å². The summed E-state index contributed by atoms with van der Waals surface area (Å²) in [6.45, 7) is 3.74. The highest BCUT2D eigenvalue weighted by atomic mass is 15.1. The summed E-state index contributed by atoms with van der Waals surface area (Å²) in [4.78, 5) is 2.14. The van der Waals surface area contributed by atoms with Crippen molar-refractivity contribution in [1.82, 2.24) is 0 Å². The lowest BCUT2D eigenvalue weighted by atomic mass is 10.1. The maximum absolute atomic E-state index is 3.74. The van der Waals surface area contributed by atoms with Crippen LogP contribution in [0.3, 0.4) is 0 Å². The number of hydrogen-bond donors (Lipinski definition) is 0. The van der Waals surface area contributed by atoms with Gasteiger partial charge >= 0.3 is 0 Å². The molecule has 94 valence electrons. The Morgan fingerprint density at radius 2 is 1.65 bits per heavy atom. The second-order valence-electron chi connectivity index (χ2n) is 4.80. The van der Waals surface area contributed by atoms with Gasteiger partial charge in [-0.1, -0.05) is 31.1 Å². The number of nitrogens with zero attached hydrogens (tertiary/aromatic N) is 1. The lowest BCUT2D eigenvalue weighted by Gasteiger charge is -2.12. The van der Waals surface area contributed by atoms with Crippen LogP contribution in [0.5, 0.6) is 0 Å². The molecule has 0 spiro atoms. The number of hydrogen-bond acceptors (Lipinski definition) is 1. The Kier molecular flexibility index (Phi) is 6.46. The molecule has 0 unspecified atom stereocenters. The first-order valence-electron chi connectivity index (χ1n) is 6.61. The molecule has 0 aromatic heterocycles. The highest BCUT2D eigenvalue weighted by Crippen LogP contribution is 2.14. The van der Waals surface area contributed by atoms with Crippen molar-refractivity contribution >= 4 is 5.69 Å². The van der Waals surface area contributed by atoms with Crippen LogP contribution in [0.15, 0.2) is 36.9 Å². The van der Waals surface area contributed by atoms with Crippen LogP contribution in [0.1, 0.15) is 37.7 Å². The molecule has 1 nitrogen and oxygen atoms in total. The van der Waals surface area contributed by atoms with Crippen molar-refractivity contribution in [2.75, 3.05) is 19.0 Å². The van der Waals surface area contributed by atoms with Crippen molar-refractivity contribution in [2.24, 2.45) is 0 Å². The van der Waals surface area contributed by atoms with E-state index in [9.17, 15) is 0 Å². The van der Waals surface area contributed by atoms with Crippen LogP contribution >= 0.6 is 0 Å². The predicted molar refractivity (Wildman–Crippen MR) is 77.8 cm³/mol. The van der Waals surface area contributed by atoms with Gasteiger partial charge in [-0.25, -0.2) is 0 Å². The van der Waals surface area contributed by atoms with E-state index in [4.69, 9.17) is 0 Å². The molecule has 0 amide bonds. The van der Waals surface area contributed by atoms with Crippen LogP contribution in [0.2, 0.25) is 0 Å². The van der Waals surface area contributed by atoms with Gasteiger partial charge in [0.25, 0.3) is 0 Å². The molecule has 0 aliphatic carbocycles. The average Bonchev–Trinajstić information content (AvgIpc) is 2.34. The number of allylic oxidation sites excluding steroid dienone is 1. The van der Waals surface area contributed by atoms with E-state index in [-0.39, 0.29) is 0 Å². The van der Waals surface area contributed by atoms with Gasteiger partial charge in [0.2, 0.25) is 0 Å². The zero-order valence-corrected chi connectivity index (χ0v) is 11.3. The van der Waals surface area contributed by atoms with Crippen LogP contribution in [0, 0.1) is 0 Å². The molecule has 0 heterocycles. The van der Waals surface area contributed by atoms with Gasteiger partial charge in [-0.05, 0) is 43.4 Å². The molecular weight excluding hydrogens is 206 g/mol. The Morgan fingerprint density at radius 3 is 2.24 bits per heavy atom. The van der Waals surface area contributed by atoms with Crippen molar-refractivity contribution in [3.05, 3.63) is 42.5 Å².